The first-order chi connectivity index (χ1) is 9.54. The van der Waals surface area contributed by atoms with Crippen LogP contribution in [0.4, 0.5) is 0 Å². The second-order valence-corrected chi connectivity index (χ2v) is 5.88. The fourth-order valence-electron chi connectivity index (χ4n) is 2.93. The molecule has 0 spiro atoms. The van der Waals surface area contributed by atoms with E-state index in [0.717, 1.165) is 12.0 Å². The molecule has 0 radical (unpaired) electrons. The Labute approximate surface area is 119 Å². The van der Waals surface area contributed by atoms with Crippen LogP contribution in [0.15, 0.2) is 48.5 Å². The molecule has 2 heteroatoms. The predicted octanol–water partition coefficient (Wildman–Crippen LogP) is 3.86. The van der Waals surface area contributed by atoms with Crippen LogP contribution in [0.5, 0.6) is 5.75 Å². The molecule has 0 saturated heterocycles. The van der Waals surface area contributed by atoms with E-state index in [1.807, 2.05) is 37.3 Å². The molecule has 0 unspecified atom stereocenters. The maximum absolute atomic E-state index is 12.6. The number of phenols is 1. The first-order valence-corrected chi connectivity index (χ1v) is 6.92. The van der Waals surface area contributed by atoms with Gasteiger partial charge in [0.2, 0.25) is 0 Å². The van der Waals surface area contributed by atoms with Crippen LogP contribution < -0.4 is 0 Å². The zero-order valence-electron chi connectivity index (χ0n) is 11.8. The standard InChI is InChI=1S/C18H18O2/c1-12-7-6-10-14(16(12)19)17(20)15-11-18(15,2)13-8-4-3-5-9-13/h3-10,15,19H,11H2,1-2H3/t15-,18+/m1/s1. The van der Waals surface area contributed by atoms with E-state index < -0.39 is 0 Å². The second-order valence-electron chi connectivity index (χ2n) is 5.88. The zero-order valence-corrected chi connectivity index (χ0v) is 11.8. The van der Waals surface area contributed by atoms with Gasteiger partial charge in [0.15, 0.2) is 5.78 Å². The second kappa shape index (κ2) is 4.48. The van der Waals surface area contributed by atoms with E-state index in [0.29, 0.717) is 5.56 Å². The lowest BCUT2D eigenvalue weighted by Gasteiger charge is -2.12. The number of phenolic OH excluding ortho intramolecular Hbond substituents is 1. The number of aromatic hydroxyl groups is 1. The maximum atomic E-state index is 12.6. The van der Waals surface area contributed by atoms with Crippen LogP contribution in [0.1, 0.15) is 34.8 Å². The van der Waals surface area contributed by atoms with Gasteiger partial charge >= 0.3 is 0 Å². The number of ketones is 1. The van der Waals surface area contributed by atoms with Gasteiger partial charge in [-0.2, -0.15) is 0 Å². The van der Waals surface area contributed by atoms with Gasteiger partial charge in [-0.05, 0) is 30.5 Å². The Kier molecular flexibility index (Phi) is 2.89. The quantitative estimate of drug-likeness (QED) is 0.856. The van der Waals surface area contributed by atoms with E-state index in [9.17, 15) is 9.90 Å². The first kappa shape index (κ1) is 12.9. The number of rotatable bonds is 3. The summed E-state index contributed by atoms with van der Waals surface area (Å²) in [5.74, 6) is 0.148. The van der Waals surface area contributed by atoms with Crippen LogP contribution in [0.2, 0.25) is 0 Å². The number of aryl methyl sites for hydroxylation is 1. The van der Waals surface area contributed by atoms with Crippen LogP contribution in [0, 0.1) is 12.8 Å². The van der Waals surface area contributed by atoms with E-state index in [1.165, 1.54) is 5.56 Å². The Morgan fingerprint density at radius 2 is 1.85 bits per heavy atom. The Morgan fingerprint density at radius 3 is 2.55 bits per heavy atom. The molecule has 0 aliphatic heterocycles. The van der Waals surface area contributed by atoms with E-state index in [-0.39, 0.29) is 22.9 Å². The number of hydrogen-bond acceptors (Lipinski definition) is 2. The van der Waals surface area contributed by atoms with Crippen molar-refractivity contribution in [1.29, 1.82) is 0 Å². The highest BCUT2D eigenvalue weighted by atomic mass is 16.3. The van der Waals surface area contributed by atoms with Crippen molar-refractivity contribution in [2.24, 2.45) is 5.92 Å². The van der Waals surface area contributed by atoms with Gasteiger partial charge in [0.05, 0.1) is 5.56 Å². The van der Waals surface area contributed by atoms with Crippen LogP contribution in [0.3, 0.4) is 0 Å². The Bertz CT molecular complexity index is 660. The molecule has 1 aliphatic carbocycles. The van der Waals surface area contributed by atoms with Crippen molar-refractivity contribution in [2.75, 3.05) is 0 Å². The molecule has 0 bridgehead atoms. The highest BCUT2D eigenvalue weighted by Crippen LogP contribution is 2.55. The molecular formula is C18H18O2. The zero-order chi connectivity index (χ0) is 14.3. The highest BCUT2D eigenvalue weighted by Gasteiger charge is 2.55. The number of benzene rings is 2. The lowest BCUT2D eigenvalue weighted by Crippen LogP contribution is -2.12. The third-order valence-corrected chi connectivity index (χ3v) is 4.49. The molecule has 2 atom stereocenters. The first-order valence-electron chi connectivity index (χ1n) is 6.92. The summed E-state index contributed by atoms with van der Waals surface area (Å²) in [7, 11) is 0. The normalized spacial score (nSPS) is 24.4. The molecule has 0 aromatic heterocycles. The SMILES string of the molecule is Cc1cccc(C(=O)[C@H]2C[C@@]2(C)c2ccccc2)c1O. The lowest BCUT2D eigenvalue weighted by atomic mass is 9.92. The maximum Gasteiger partial charge on any atom is 0.170 e. The number of Topliss-reactive ketones (excluding diaryl/α,β-unsaturated/α-hetero) is 1. The Hall–Kier alpha value is -2.09. The third kappa shape index (κ3) is 1.92. The molecule has 2 aromatic rings. The van der Waals surface area contributed by atoms with E-state index in [1.54, 1.807) is 6.07 Å². The van der Waals surface area contributed by atoms with Crippen LogP contribution in [-0.4, -0.2) is 10.9 Å². The van der Waals surface area contributed by atoms with Gasteiger partial charge in [0, 0.05) is 11.3 Å². The molecule has 2 aromatic carbocycles. The molecule has 0 amide bonds. The predicted molar refractivity (Wildman–Crippen MR) is 79.1 cm³/mol. The van der Waals surface area contributed by atoms with Crippen LogP contribution in [-0.2, 0) is 5.41 Å². The summed E-state index contributed by atoms with van der Waals surface area (Å²) in [6.07, 6.45) is 0.850. The van der Waals surface area contributed by atoms with Gasteiger partial charge < -0.3 is 5.11 Å². The largest absolute Gasteiger partial charge is 0.507 e. The molecule has 20 heavy (non-hydrogen) atoms. The van der Waals surface area contributed by atoms with Crippen molar-refractivity contribution in [3.05, 3.63) is 65.2 Å². The average Bonchev–Trinajstić information content (AvgIpc) is 3.16. The van der Waals surface area contributed by atoms with Crippen LogP contribution in [0.25, 0.3) is 0 Å². The summed E-state index contributed by atoms with van der Waals surface area (Å²) in [5.41, 5.74) is 2.31. The van der Waals surface area contributed by atoms with Crippen molar-refractivity contribution in [3.8, 4) is 5.75 Å². The molecular weight excluding hydrogens is 248 g/mol. The van der Waals surface area contributed by atoms with Gasteiger partial charge in [0.25, 0.3) is 0 Å². The third-order valence-electron chi connectivity index (χ3n) is 4.49. The summed E-state index contributed by atoms with van der Waals surface area (Å²) in [4.78, 5) is 12.6. The van der Waals surface area contributed by atoms with E-state index in [2.05, 4.69) is 19.1 Å². The lowest BCUT2D eigenvalue weighted by molar-refractivity contribution is 0.0956. The molecule has 1 N–H and O–H groups in total. The smallest absolute Gasteiger partial charge is 0.170 e. The fourth-order valence-corrected chi connectivity index (χ4v) is 2.93. The average molecular weight is 266 g/mol. The Balaban J connectivity index is 1.90. The van der Waals surface area contributed by atoms with E-state index >= 15 is 0 Å². The van der Waals surface area contributed by atoms with Crippen molar-refractivity contribution in [3.63, 3.8) is 0 Å². The summed E-state index contributed by atoms with van der Waals surface area (Å²) in [6.45, 7) is 3.94. The number of carbonyl (C=O) groups excluding carboxylic acids is 1. The van der Waals surface area contributed by atoms with Crippen molar-refractivity contribution in [1.82, 2.24) is 0 Å². The number of para-hydroxylation sites is 1. The fraction of sp³-hybridized carbons (Fsp3) is 0.278. The van der Waals surface area contributed by atoms with Gasteiger partial charge in [-0.25, -0.2) is 0 Å². The van der Waals surface area contributed by atoms with Gasteiger partial charge in [-0.3, -0.25) is 4.79 Å². The topological polar surface area (TPSA) is 37.3 Å². The molecule has 3 rings (SSSR count). The summed E-state index contributed by atoms with van der Waals surface area (Å²) in [5, 5.41) is 10.1. The minimum atomic E-state index is -0.0888. The molecule has 102 valence electrons. The minimum absolute atomic E-state index is 0.0300. The van der Waals surface area contributed by atoms with E-state index in [4.69, 9.17) is 0 Å². The summed E-state index contributed by atoms with van der Waals surface area (Å²) < 4.78 is 0. The summed E-state index contributed by atoms with van der Waals surface area (Å²) in [6, 6.07) is 15.5. The van der Waals surface area contributed by atoms with Gasteiger partial charge in [-0.1, -0.05) is 49.4 Å². The van der Waals surface area contributed by atoms with Crippen LogP contribution >= 0.6 is 0 Å². The van der Waals surface area contributed by atoms with Gasteiger partial charge in [0.1, 0.15) is 5.75 Å². The Morgan fingerprint density at radius 1 is 1.15 bits per heavy atom. The van der Waals surface area contributed by atoms with Crippen molar-refractivity contribution >= 4 is 5.78 Å². The minimum Gasteiger partial charge on any atom is -0.507 e. The molecule has 1 fully saturated rings. The summed E-state index contributed by atoms with van der Waals surface area (Å²) >= 11 is 0. The monoisotopic (exact) mass is 266 g/mol. The van der Waals surface area contributed by atoms with Gasteiger partial charge in [-0.15, -0.1) is 0 Å². The molecule has 0 heterocycles. The molecule has 2 nitrogen and oxygen atoms in total. The van der Waals surface area contributed by atoms with Crippen molar-refractivity contribution in [2.45, 2.75) is 25.7 Å². The van der Waals surface area contributed by atoms with Crippen molar-refractivity contribution < 1.29 is 9.90 Å². The molecule has 1 saturated carbocycles. The molecule has 1 aliphatic rings. The number of hydrogen-bond donors (Lipinski definition) is 1. The highest BCUT2D eigenvalue weighted by molar-refractivity contribution is 6.03. The number of carbonyl (C=O) groups is 1.